The molecule has 6 heteroatoms. The van der Waals surface area contributed by atoms with Gasteiger partial charge in [-0.15, -0.1) is 24.0 Å². The lowest BCUT2D eigenvalue weighted by Crippen LogP contribution is -2.41. The van der Waals surface area contributed by atoms with Crippen LogP contribution in [-0.2, 0) is 4.79 Å². The summed E-state index contributed by atoms with van der Waals surface area (Å²) in [4.78, 5) is 17.5. The Morgan fingerprint density at radius 3 is 2.57 bits per heavy atom. The Kier molecular flexibility index (Phi) is 10.8. The van der Waals surface area contributed by atoms with Crippen molar-refractivity contribution < 1.29 is 4.79 Å². The Morgan fingerprint density at radius 2 is 2.00 bits per heavy atom. The van der Waals surface area contributed by atoms with Gasteiger partial charge in [-0.25, -0.2) is 4.99 Å². The zero-order valence-corrected chi connectivity index (χ0v) is 16.1. The predicted molar refractivity (Wildman–Crippen MR) is 99.2 cm³/mol. The third-order valence-corrected chi connectivity index (χ3v) is 3.82. The van der Waals surface area contributed by atoms with Gasteiger partial charge in [-0.2, -0.15) is 0 Å². The van der Waals surface area contributed by atoms with Crippen LogP contribution in [0, 0.1) is 11.8 Å². The second kappa shape index (κ2) is 11.1. The first-order chi connectivity index (χ1) is 9.52. The summed E-state index contributed by atoms with van der Waals surface area (Å²) in [5.74, 6) is 2.34. The summed E-state index contributed by atoms with van der Waals surface area (Å²) < 4.78 is 0. The van der Waals surface area contributed by atoms with E-state index in [2.05, 4.69) is 22.5 Å². The number of hydrogen-bond acceptors (Lipinski definition) is 2. The lowest BCUT2D eigenvalue weighted by Gasteiger charge is -2.27. The second-order valence-corrected chi connectivity index (χ2v) is 6.00. The summed E-state index contributed by atoms with van der Waals surface area (Å²) in [7, 11) is 3.50. The van der Waals surface area contributed by atoms with Crippen LogP contribution >= 0.6 is 24.0 Å². The molecule has 1 amide bonds. The van der Waals surface area contributed by atoms with E-state index in [1.807, 2.05) is 6.92 Å². The number of likely N-dealkylation sites (N-methyl/N-ethyl adjacent to an activating group) is 1. The van der Waals surface area contributed by atoms with Crippen molar-refractivity contribution in [2.75, 3.05) is 33.7 Å². The van der Waals surface area contributed by atoms with Crippen molar-refractivity contribution in [3.05, 3.63) is 0 Å². The van der Waals surface area contributed by atoms with Crippen molar-refractivity contribution in [3.8, 4) is 0 Å². The molecule has 0 aliphatic heterocycles. The van der Waals surface area contributed by atoms with Gasteiger partial charge in [-0.1, -0.05) is 19.8 Å². The molecule has 2 atom stereocenters. The molecule has 1 saturated carbocycles. The molecule has 5 nitrogen and oxygen atoms in total. The Morgan fingerprint density at radius 1 is 1.29 bits per heavy atom. The highest BCUT2D eigenvalue weighted by Gasteiger charge is 2.18. The van der Waals surface area contributed by atoms with E-state index in [-0.39, 0.29) is 36.4 Å². The highest BCUT2D eigenvalue weighted by molar-refractivity contribution is 14.0. The Labute approximate surface area is 146 Å². The van der Waals surface area contributed by atoms with Gasteiger partial charge in [0.2, 0.25) is 5.91 Å². The van der Waals surface area contributed by atoms with Crippen molar-refractivity contribution in [2.24, 2.45) is 16.8 Å². The molecule has 0 aromatic rings. The van der Waals surface area contributed by atoms with E-state index in [9.17, 15) is 4.79 Å². The molecule has 2 N–H and O–H groups in total. The quantitative estimate of drug-likeness (QED) is 0.415. The number of amides is 1. The molecule has 1 aliphatic carbocycles. The van der Waals surface area contributed by atoms with Crippen LogP contribution in [0.15, 0.2) is 4.99 Å². The molecule has 0 spiro atoms. The molecule has 0 radical (unpaired) electrons. The fraction of sp³-hybridized carbons (Fsp3) is 0.867. The zero-order chi connectivity index (χ0) is 15.0. The number of aliphatic imine (C=N–C) groups is 1. The molecule has 0 heterocycles. The Balaban J connectivity index is 0.00000400. The maximum atomic E-state index is 11.6. The number of carbonyl (C=O) groups is 1. The number of carbonyl (C=O) groups excluding carboxylic acids is 1. The average molecular weight is 410 g/mol. The first-order valence-corrected chi connectivity index (χ1v) is 7.75. The van der Waals surface area contributed by atoms with Gasteiger partial charge in [0.05, 0.1) is 0 Å². The van der Waals surface area contributed by atoms with Crippen molar-refractivity contribution in [3.63, 3.8) is 0 Å². The van der Waals surface area contributed by atoms with Gasteiger partial charge >= 0.3 is 0 Å². The van der Waals surface area contributed by atoms with Gasteiger partial charge in [0.1, 0.15) is 6.54 Å². The highest BCUT2D eigenvalue weighted by atomic mass is 127. The second-order valence-electron chi connectivity index (χ2n) is 6.00. The average Bonchev–Trinajstić information content (AvgIpc) is 2.41. The van der Waals surface area contributed by atoms with Crippen LogP contribution in [-0.4, -0.2) is 50.5 Å². The number of halogens is 1. The topological polar surface area (TPSA) is 56.7 Å². The van der Waals surface area contributed by atoms with Crippen LogP contribution in [0.4, 0.5) is 0 Å². The molecule has 1 fully saturated rings. The molecule has 0 aromatic heterocycles. The summed E-state index contributed by atoms with van der Waals surface area (Å²) in [6.07, 6.45) is 5.29. The minimum absolute atomic E-state index is 0. The van der Waals surface area contributed by atoms with Crippen LogP contribution in [0.25, 0.3) is 0 Å². The number of nitrogens with zero attached hydrogens (tertiary/aromatic N) is 2. The van der Waals surface area contributed by atoms with Crippen LogP contribution < -0.4 is 10.6 Å². The van der Waals surface area contributed by atoms with Gasteiger partial charge in [-0.05, 0) is 31.6 Å². The van der Waals surface area contributed by atoms with Crippen LogP contribution in [0.5, 0.6) is 0 Å². The largest absolute Gasteiger partial charge is 0.357 e. The van der Waals surface area contributed by atoms with E-state index >= 15 is 0 Å². The molecule has 1 aliphatic rings. The minimum atomic E-state index is 0. The maximum Gasteiger partial charge on any atom is 0.243 e. The molecule has 1 rings (SSSR count). The van der Waals surface area contributed by atoms with Gasteiger partial charge in [0.15, 0.2) is 5.96 Å². The van der Waals surface area contributed by atoms with Crippen LogP contribution in [0.1, 0.15) is 39.5 Å². The van der Waals surface area contributed by atoms with E-state index in [1.165, 1.54) is 25.7 Å². The van der Waals surface area contributed by atoms with E-state index in [1.54, 1.807) is 19.0 Å². The third kappa shape index (κ3) is 8.48. The molecule has 0 aromatic carbocycles. The van der Waals surface area contributed by atoms with E-state index in [4.69, 9.17) is 0 Å². The van der Waals surface area contributed by atoms with Crippen molar-refractivity contribution in [2.45, 2.75) is 39.5 Å². The summed E-state index contributed by atoms with van der Waals surface area (Å²) in [6, 6.07) is 0. The molecule has 21 heavy (non-hydrogen) atoms. The van der Waals surface area contributed by atoms with Crippen molar-refractivity contribution >= 4 is 35.8 Å². The maximum absolute atomic E-state index is 11.6. The molecular formula is C15H31IN4O. The van der Waals surface area contributed by atoms with Gasteiger partial charge in [0, 0.05) is 27.2 Å². The fourth-order valence-corrected chi connectivity index (χ4v) is 2.62. The molecule has 0 bridgehead atoms. The van der Waals surface area contributed by atoms with Crippen molar-refractivity contribution in [1.82, 2.24) is 15.5 Å². The number of nitrogens with one attached hydrogen (secondary N) is 2. The first-order valence-electron chi connectivity index (χ1n) is 7.75. The predicted octanol–water partition coefficient (Wildman–Crippen LogP) is 2.07. The van der Waals surface area contributed by atoms with Crippen LogP contribution in [0.2, 0.25) is 0 Å². The number of hydrogen-bond donors (Lipinski definition) is 2. The number of rotatable bonds is 5. The fourth-order valence-electron chi connectivity index (χ4n) is 2.62. The van der Waals surface area contributed by atoms with Crippen molar-refractivity contribution in [1.29, 1.82) is 0 Å². The number of guanidine groups is 1. The lowest BCUT2D eigenvalue weighted by molar-refractivity contribution is -0.127. The highest BCUT2D eigenvalue weighted by Crippen LogP contribution is 2.27. The normalized spacial score (nSPS) is 22.2. The SMILES string of the molecule is CCNC(=NCC(=O)N(C)C)NCC1CCCC(C)C1.I. The summed E-state index contributed by atoms with van der Waals surface area (Å²) >= 11 is 0. The summed E-state index contributed by atoms with van der Waals surface area (Å²) in [5, 5.41) is 6.57. The van der Waals surface area contributed by atoms with Gasteiger partial charge in [0.25, 0.3) is 0 Å². The molecular weight excluding hydrogens is 379 g/mol. The van der Waals surface area contributed by atoms with E-state index in [0.29, 0.717) is 0 Å². The lowest BCUT2D eigenvalue weighted by atomic mass is 9.82. The van der Waals surface area contributed by atoms with Gasteiger partial charge in [-0.3, -0.25) is 4.79 Å². The Bertz CT molecular complexity index is 334. The summed E-state index contributed by atoms with van der Waals surface area (Å²) in [5.41, 5.74) is 0. The van der Waals surface area contributed by atoms with Crippen LogP contribution in [0.3, 0.4) is 0 Å². The molecule has 0 saturated heterocycles. The zero-order valence-electron chi connectivity index (χ0n) is 13.8. The monoisotopic (exact) mass is 410 g/mol. The third-order valence-electron chi connectivity index (χ3n) is 3.82. The summed E-state index contributed by atoms with van der Waals surface area (Å²) in [6.45, 7) is 6.33. The first kappa shape index (κ1) is 20.5. The van der Waals surface area contributed by atoms with E-state index in [0.717, 1.165) is 30.9 Å². The van der Waals surface area contributed by atoms with Gasteiger partial charge < -0.3 is 15.5 Å². The van der Waals surface area contributed by atoms with E-state index < -0.39 is 0 Å². The standard InChI is InChI=1S/C15H30N4O.HI/c1-5-16-15(18-11-14(20)19(3)4)17-10-13-8-6-7-12(2)9-13;/h12-13H,5-11H2,1-4H3,(H2,16,17,18);1H. The molecule has 2 unspecified atom stereocenters. The minimum Gasteiger partial charge on any atom is -0.357 e. The Hall–Kier alpha value is -0.530. The molecule has 124 valence electrons. The smallest absolute Gasteiger partial charge is 0.243 e.